The minimum atomic E-state index is -1.21. The van der Waals surface area contributed by atoms with Crippen LogP contribution in [0.15, 0.2) is 0 Å². The van der Waals surface area contributed by atoms with Crippen LogP contribution in [0.1, 0.15) is 6.92 Å². The summed E-state index contributed by atoms with van der Waals surface area (Å²) in [5, 5.41) is 7.69. The summed E-state index contributed by atoms with van der Waals surface area (Å²) < 4.78 is 3.96. The van der Waals surface area contributed by atoms with Crippen LogP contribution in [0.5, 0.6) is 0 Å². The molecule has 0 atom stereocenters. The molecule has 3 nitrogen and oxygen atoms in total. The highest BCUT2D eigenvalue weighted by molar-refractivity contribution is 14.0. The van der Waals surface area contributed by atoms with Gasteiger partial charge in [-0.3, -0.25) is 0 Å². The number of ether oxygens (including phenoxy) is 1. The Bertz CT molecular complexity index is 54.1. The SMILES string of the molecule is CCOC(=O)O.I. The van der Waals surface area contributed by atoms with Crippen molar-refractivity contribution in [2.75, 3.05) is 6.61 Å². The molecular formula is C3H7IO3. The van der Waals surface area contributed by atoms with Gasteiger partial charge in [0.2, 0.25) is 0 Å². The number of rotatable bonds is 1. The number of halogens is 1. The van der Waals surface area contributed by atoms with Gasteiger partial charge in [0.1, 0.15) is 0 Å². The summed E-state index contributed by atoms with van der Waals surface area (Å²) in [6.07, 6.45) is -1.21. The Morgan fingerprint density at radius 2 is 2.29 bits per heavy atom. The van der Waals surface area contributed by atoms with E-state index >= 15 is 0 Å². The van der Waals surface area contributed by atoms with Crippen LogP contribution in [0.4, 0.5) is 4.79 Å². The lowest BCUT2D eigenvalue weighted by Gasteiger charge is -1.87. The Hall–Kier alpha value is 0. The third kappa shape index (κ3) is 10.7. The Kier molecular flexibility index (Phi) is 8.64. The quantitative estimate of drug-likeness (QED) is 0.533. The Morgan fingerprint density at radius 3 is 2.29 bits per heavy atom. The highest BCUT2D eigenvalue weighted by Crippen LogP contribution is 1.69. The molecule has 44 valence electrons. The van der Waals surface area contributed by atoms with Crippen LogP contribution in [0.2, 0.25) is 0 Å². The molecule has 0 aliphatic heterocycles. The van der Waals surface area contributed by atoms with Crippen molar-refractivity contribution in [2.24, 2.45) is 0 Å². The maximum atomic E-state index is 9.38. The van der Waals surface area contributed by atoms with Gasteiger partial charge in [-0.2, -0.15) is 0 Å². The van der Waals surface area contributed by atoms with Crippen molar-refractivity contribution in [1.29, 1.82) is 0 Å². The van der Waals surface area contributed by atoms with Crippen molar-refractivity contribution in [1.82, 2.24) is 0 Å². The van der Waals surface area contributed by atoms with Crippen molar-refractivity contribution in [2.45, 2.75) is 6.92 Å². The van der Waals surface area contributed by atoms with Crippen molar-refractivity contribution < 1.29 is 14.6 Å². The molecule has 0 aliphatic rings. The fourth-order valence-electron chi connectivity index (χ4n) is 0.123. The highest BCUT2D eigenvalue weighted by Gasteiger charge is 1.86. The van der Waals surface area contributed by atoms with Gasteiger partial charge in [0.25, 0.3) is 0 Å². The molecule has 0 aliphatic carbocycles. The van der Waals surface area contributed by atoms with Gasteiger partial charge in [-0.15, -0.1) is 24.0 Å². The van der Waals surface area contributed by atoms with Gasteiger partial charge in [-0.1, -0.05) is 0 Å². The first-order valence-corrected chi connectivity index (χ1v) is 1.63. The molecule has 0 saturated carbocycles. The minimum Gasteiger partial charge on any atom is -0.450 e. The number of carbonyl (C=O) groups is 1. The number of hydrogen-bond acceptors (Lipinski definition) is 2. The second kappa shape index (κ2) is 6.00. The lowest BCUT2D eigenvalue weighted by Crippen LogP contribution is -1.97. The van der Waals surface area contributed by atoms with Gasteiger partial charge in [0.05, 0.1) is 6.61 Å². The highest BCUT2D eigenvalue weighted by atomic mass is 127. The summed E-state index contributed by atoms with van der Waals surface area (Å²) >= 11 is 0. The predicted molar refractivity (Wildman–Crippen MR) is 35.1 cm³/mol. The molecule has 0 rings (SSSR count). The van der Waals surface area contributed by atoms with E-state index in [1.54, 1.807) is 6.92 Å². The molecule has 0 aromatic carbocycles. The van der Waals surface area contributed by atoms with Crippen molar-refractivity contribution >= 4 is 30.1 Å². The Labute approximate surface area is 58.7 Å². The molecule has 0 aromatic heterocycles. The van der Waals surface area contributed by atoms with Crippen LogP contribution >= 0.6 is 24.0 Å². The summed E-state index contributed by atoms with van der Waals surface area (Å²) in [5.41, 5.74) is 0. The van der Waals surface area contributed by atoms with Crippen LogP contribution in [0.25, 0.3) is 0 Å². The summed E-state index contributed by atoms with van der Waals surface area (Å²) in [6, 6.07) is 0. The molecule has 0 aromatic rings. The molecule has 7 heavy (non-hydrogen) atoms. The van der Waals surface area contributed by atoms with Gasteiger partial charge in [0.15, 0.2) is 0 Å². The maximum Gasteiger partial charge on any atom is 0.505 e. The first-order chi connectivity index (χ1) is 2.77. The molecule has 0 amide bonds. The summed E-state index contributed by atoms with van der Waals surface area (Å²) in [4.78, 5) is 9.38. The Morgan fingerprint density at radius 1 is 1.86 bits per heavy atom. The van der Waals surface area contributed by atoms with Gasteiger partial charge < -0.3 is 9.84 Å². The molecule has 1 N–H and O–H groups in total. The average Bonchev–Trinajstić information content (AvgIpc) is 1.35. The van der Waals surface area contributed by atoms with E-state index in [1.807, 2.05) is 0 Å². The number of hydrogen-bond donors (Lipinski definition) is 1. The molecule has 0 radical (unpaired) electrons. The molecule has 0 fully saturated rings. The van der Waals surface area contributed by atoms with Crippen molar-refractivity contribution in [3.05, 3.63) is 0 Å². The summed E-state index contributed by atoms with van der Waals surface area (Å²) in [5.74, 6) is 0. The average molecular weight is 218 g/mol. The maximum absolute atomic E-state index is 9.38. The topological polar surface area (TPSA) is 46.5 Å². The van der Waals surface area contributed by atoms with E-state index < -0.39 is 6.16 Å². The van der Waals surface area contributed by atoms with Crippen LogP contribution < -0.4 is 0 Å². The first-order valence-electron chi connectivity index (χ1n) is 1.63. The van der Waals surface area contributed by atoms with Crippen molar-refractivity contribution in [3.8, 4) is 0 Å². The second-order valence-corrected chi connectivity index (χ2v) is 0.699. The smallest absolute Gasteiger partial charge is 0.450 e. The largest absolute Gasteiger partial charge is 0.505 e. The third-order valence-corrected chi connectivity index (χ3v) is 0.268. The van der Waals surface area contributed by atoms with Gasteiger partial charge in [-0.05, 0) is 6.92 Å². The predicted octanol–water partition coefficient (Wildman–Crippen LogP) is 1.32. The Balaban J connectivity index is 0. The zero-order chi connectivity index (χ0) is 4.99. The summed E-state index contributed by atoms with van der Waals surface area (Å²) in [6.45, 7) is 1.85. The molecule has 0 heterocycles. The number of carboxylic acid groups (broad SMARTS) is 1. The molecule has 4 heteroatoms. The van der Waals surface area contributed by atoms with E-state index in [2.05, 4.69) is 4.74 Å². The lowest BCUT2D eigenvalue weighted by atomic mass is 10.9. The van der Waals surface area contributed by atoms with E-state index in [-0.39, 0.29) is 30.6 Å². The van der Waals surface area contributed by atoms with E-state index in [4.69, 9.17) is 5.11 Å². The van der Waals surface area contributed by atoms with Crippen LogP contribution in [-0.4, -0.2) is 17.9 Å². The monoisotopic (exact) mass is 218 g/mol. The van der Waals surface area contributed by atoms with E-state index in [0.29, 0.717) is 0 Å². The second-order valence-electron chi connectivity index (χ2n) is 0.699. The lowest BCUT2D eigenvalue weighted by molar-refractivity contribution is 0.0966. The van der Waals surface area contributed by atoms with Crippen LogP contribution in [0, 0.1) is 0 Å². The minimum absolute atomic E-state index is 0. The summed E-state index contributed by atoms with van der Waals surface area (Å²) in [7, 11) is 0. The molecule has 0 unspecified atom stereocenters. The van der Waals surface area contributed by atoms with Gasteiger partial charge in [0, 0.05) is 0 Å². The molecule has 0 saturated heterocycles. The zero-order valence-corrected chi connectivity index (χ0v) is 6.21. The standard InChI is InChI=1S/C3H6O3.HI/c1-2-6-3(4)5;/h2H2,1H3,(H,4,5);1H. The molecule has 0 bridgehead atoms. The zero-order valence-electron chi connectivity index (χ0n) is 3.88. The van der Waals surface area contributed by atoms with Crippen LogP contribution in [0.3, 0.4) is 0 Å². The van der Waals surface area contributed by atoms with E-state index in [0.717, 1.165) is 0 Å². The van der Waals surface area contributed by atoms with Gasteiger partial charge in [-0.25, -0.2) is 4.79 Å². The first kappa shape index (κ1) is 10.1. The normalized spacial score (nSPS) is 6.43. The van der Waals surface area contributed by atoms with Gasteiger partial charge >= 0.3 is 6.16 Å². The van der Waals surface area contributed by atoms with E-state index in [1.165, 1.54) is 0 Å². The fourth-order valence-corrected chi connectivity index (χ4v) is 0.123. The van der Waals surface area contributed by atoms with E-state index in [9.17, 15) is 4.79 Å². The van der Waals surface area contributed by atoms with Crippen LogP contribution in [-0.2, 0) is 4.74 Å². The molecular weight excluding hydrogens is 211 g/mol. The fraction of sp³-hybridized carbons (Fsp3) is 0.667. The van der Waals surface area contributed by atoms with Crippen molar-refractivity contribution in [3.63, 3.8) is 0 Å². The third-order valence-electron chi connectivity index (χ3n) is 0.268. The molecule has 0 spiro atoms.